The number of hydrogen-bond donors (Lipinski definition) is 0. The summed E-state index contributed by atoms with van der Waals surface area (Å²) in [6, 6.07) is 0. The Kier molecular flexibility index (Phi) is 11.1. The quantitative estimate of drug-likeness (QED) is 0.213. The van der Waals surface area contributed by atoms with Gasteiger partial charge in [-0.3, -0.25) is 0 Å². The van der Waals surface area contributed by atoms with Crippen molar-refractivity contribution in [2.45, 2.75) is 90.8 Å². The van der Waals surface area contributed by atoms with Gasteiger partial charge in [-0.25, -0.2) is 0 Å². The summed E-state index contributed by atoms with van der Waals surface area (Å²) in [5.74, 6) is 0. The monoisotopic (exact) mass is 467 g/mol. The normalized spacial score (nSPS) is 16.8. The van der Waals surface area contributed by atoms with E-state index in [1.54, 1.807) is 7.11 Å². The van der Waals surface area contributed by atoms with Gasteiger partial charge in [0.25, 0.3) is 0 Å². The number of rotatable bonds is 13. The van der Waals surface area contributed by atoms with Gasteiger partial charge in [-0.1, -0.05) is 5.16 Å². The highest BCUT2D eigenvalue weighted by atomic mass is 28.4. The topological polar surface area (TPSA) is 58.5 Å². The Bertz CT molecular complexity index is 490. The third kappa shape index (κ3) is 15.1. The predicted molar refractivity (Wildman–Crippen MR) is 129 cm³/mol. The lowest BCUT2D eigenvalue weighted by Gasteiger charge is -2.37. The third-order valence-corrected chi connectivity index (χ3v) is 7.21. The van der Waals surface area contributed by atoms with Crippen LogP contribution < -0.4 is 0 Å². The molecule has 0 spiro atoms. The van der Waals surface area contributed by atoms with Gasteiger partial charge in [-0.15, -0.1) is 0 Å². The second-order valence-electron chi connectivity index (χ2n) is 11.0. The van der Waals surface area contributed by atoms with E-state index in [4.69, 9.17) is 22.5 Å². The zero-order chi connectivity index (χ0) is 22.4. The van der Waals surface area contributed by atoms with Crippen molar-refractivity contribution in [3.8, 4) is 0 Å². The Balaban J connectivity index is 5.90. The van der Waals surface area contributed by atoms with Crippen LogP contribution in [0.1, 0.15) is 0 Å². The predicted octanol–water partition coefficient (Wildman–Crippen LogP) is 5.13. The van der Waals surface area contributed by atoms with Crippen molar-refractivity contribution < 1.29 is 22.5 Å². The van der Waals surface area contributed by atoms with Gasteiger partial charge in [0, 0.05) is 0 Å². The maximum atomic E-state index is 6.59. The highest BCUT2D eigenvalue weighted by molar-refractivity contribution is 6.71. The van der Waals surface area contributed by atoms with Crippen molar-refractivity contribution >= 4 is 39.0 Å². The van der Waals surface area contributed by atoms with Crippen molar-refractivity contribution in [1.82, 2.24) is 0 Å². The van der Waals surface area contributed by atoms with Crippen molar-refractivity contribution in [2.24, 2.45) is 5.16 Å². The zero-order valence-electron chi connectivity index (χ0n) is 20.6. The molecule has 0 aromatic heterocycles. The van der Waals surface area contributed by atoms with Gasteiger partial charge in [0.05, 0.1) is 19.3 Å². The smallest absolute Gasteiger partial charge is 0.184 e. The molecule has 0 bridgehead atoms. The molecule has 0 aromatic carbocycles. The average Bonchev–Trinajstić information content (AvgIpc) is 2.41. The summed E-state index contributed by atoms with van der Waals surface area (Å²) in [6.45, 7) is 27.0. The maximum absolute atomic E-state index is 6.59. The standard InChI is InChI=1S/C18H45NO5Si4/c1-20-19-16(14-21-25(2,3)4)18(24-28(11,12)13)17(23-27(8,9)10)15-22-26(5,6)7/h17-18H,14-15H2,1-13H3/b19-16+. The molecule has 0 saturated carbocycles. The van der Waals surface area contributed by atoms with E-state index in [0.29, 0.717) is 13.2 Å². The molecule has 0 aliphatic heterocycles. The van der Waals surface area contributed by atoms with E-state index in [2.05, 4.69) is 83.7 Å². The SMILES string of the molecule is CO/N=C(\CO[Si](C)(C)C)C(O[Si](C)(C)C)C(CO[Si](C)(C)C)O[Si](C)(C)C. The van der Waals surface area contributed by atoms with Crippen LogP contribution in [0.15, 0.2) is 5.16 Å². The highest BCUT2D eigenvalue weighted by Crippen LogP contribution is 2.21. The molecular formula is C18H45NO5Si4. The number of nitrogens with zero attached hydrogens (tertiary/aromatic N) is 1. The van der Waals surface area contributed by atoms with Crippen LogP contribution in [0.4, 0.5) is 0 Å². The summed E-state index contributed by atoms with van der Waals surface area (Å²) in [5, 5.41) is 4.31. The van der Waals surface area contributed by atoms with Gasteiger partial charge in [-0.05, 0) is 78.6 Å². The minimum absolute atomic E-state index is 0.232. The molecule has 0 N–H and O–H groups in total. The van der Waals surface area contributed by atoms with E-state index in [0.717, 1.165) is 5.71 Å². The average molecular weight is 468 g/mol. The van der Waals surface area contributed by atoms with Crippen LogP contribution in [0.5, 0.6) is 0 Å². The molecule has 168 valence electrons. The minimum atomic E-state index is -1.89. The first-order valence-electron chi connectivity index (χ1n) is 10.1. The van der Waals surface area contributed by atoms with Crippen LogP contribution in [-0.4, -0.2) is 71.5 Å². The zero-order valence-corrected chi connectivity index (χ0v) is 24.6. The summed E-state index contributed by atoms with van der Waals surface area (Å²) >= 11 is 0. The molecule has 2 atom stereocenters. The van der Waals surface area contributed by atoms with Gasteiger partial charge >= 0.3 is 0 Å². The lowest BCUT2D eigenvalue weighted by atomic mass is 10.1. The van der Waals surface area contributed by atoms with Crippen LogP contribution in [0.2, 0.25) is 78.6 Å². The summed E-state index contributed by atoms with van der Waals surface area (Å²) in [6.07, 6.45) is -0.574. The second kappa shape index (κ2) is 11.0. The molecule has 0 saturated heterocycles. The molecule has 2 unspecified atom stereocenters. The van der Waals surface area contributed by atoms with Crippen LogP contribution in [0.3, 0.4) is 0 Å². The first-order chi connectivity index (χ1) is 12.3. The van der Waals surface area contributed by atoms with E-state index in [1.807, 2.05) is 0 Å². The number of oxime groups is 1. The van der Waals surface area contributed by atoms with Crippen molar-refractivity contribution in [1.29, 1.82) is 0 Å². The molecule has 10 heteroatoms. The van der Waals surface area contributed by atoms with Gasteiger partial charge in [0.1, 0.15) is 18.9 Å². The Morgan fingerprint density at radius 3 is 1.50 bits per heavy atom. The molecule has 28 heavy (non-hydrogen) atoms. The molecule has 0 rings (SSSR count). The van der Waals surface area contributed by atoms with Crippen LogP contribution >= 0.6 is 0 Å². The molecule has 0 heterocycles. The fourth-order valence-electron chi connectivity index (χ4n) is 2.28. The minimum Gasteiger partial charge on any atom is -0.415 e. The maximum Gasteiger partial charge on any atom is 0.184 e. The summed E-state index contributed by atoms with van der Waals surface area (Å²) < 4.78 is 25.5. The Labute approximate surface area is 177 Å². The fraction of sp³-hybridized carbons (Fsp3) is 0.944. The molecule has 0 fully saturated rings. The summed E-state index contributed by atoms with van der Waals surface area (Å²) in [4.78, 5) is 5.17. The largest absolute Gasteiger partial charge is 0.415 e. The van der Waals surface area contributed by atoms with Gasteiger partial charge in [0.15, 0.2) is 33.3 Å². The van der Waals surface area contributed by atoms with Gasteiger partial charge in [0.2, 0.25) is 0 Å². The van der Waals surface area contributed by atoms with E-state index in [-0.39, 0.29) is 12.2 Å². The highest BCUT2D eigenvalue weighted by Gasteiger charge is 2.37. The van der Waals surface area contributed by atoms with Gasteiger partial charge < -0.3 is 22.5 Å². The Morgan fingerprint density at radius 1 is 0.679 bits per heavy atom. The first kappa shape index (κ1) is 28.2. The van der Waals surface area contributed by atoms with Crippen LogP contribution in [-0.2, 0) is 22.5 Å². The third-order valence-electron chi connectivity index (χ3n) is 3.19. The van der Waals surface area contributed by atoms with Gasteiger partial charge in [-0.2, -0.15) is 0 Å². The summed E-state index contributed by atoms with van der Waals surface area (Å²) in [7, 11) is -5.59. The fourth-order valence-corrected chi connectivity index (χ4v) is 5.67. The number of hydrogen-bond acceptors (Lipinski definition) is 6. The van der Waals surface area contributed by atoms with E-state index in [9.17, 15) is 0 Å². The Hall–Kier alpha value is 0.178. The molecule has 0 aromatic rings. The Morgan fingerprint density at radius 2 is 1.14 bits per heavy atom. The second-order valence-corrected chi connectivity index (χ2v) is 29.0. The van der Waals surface area contributed by atoms with E-state index >= 15 is 0 Å². The molecule has 0 aliphatic carbocycles. The van der Waals surface area contributed by atoms with E-state index < -0.39 is 33.3 Å². The molecular weight excluding hydrogens is 423 g/mol. The van der Waals surface area contributed by atoms with E-state index in [1.165, 1.54) is 0 Å². The summed E-state index contributed by atoms with van der Waals surface area (Å²) in [5.41, 5.74) is 0.745. The van der Waals surface area contributed by atoms with Crippen molar-refractivity contribution in [3.63, 3.8) is 0 Å². The first-order valence-corrected chi connectivity index (χ1v) is 23.7. The van der Waals surface area contributed by atoms with Crippen LogP contribution in [0.25, 0.3) is 0 Å². The van der Waals surface area contributed by atoms with Crippen molar-refractivity contribution in [2.75, 3.05) is 20.3 Å². The molecule has 0 radical (unpaired) electrons. The van der Waals surface area contributed by atoms with Crippen molar-refractivity contribution in [3.05, 3.63) is 0 Å². The molecule has 0 aliphatic rings. The molecule has 6 nitrogen and oxygen atoms in total. The van der Waals surface area contributed by atoms with Crippen LogP contribution in [0, 0.1) is 0 Å². The lowest BCUT2D eigenvalue weighted by Crippen LogP contribution is -2.52. The molecule has 0 amide bonds. The lowest BCUT2D eigenvalue weighted by molar-refractivity contribution is 0.0397.